The average molecular weight is 334 g/mol. The zero-order chi connectivity index (χ0) is 15.8. The molecule has 21 heavy (non-hydrogen) atoms. The summed E-state index contributed by atoms with van der Waals surface area (Å²) in [7, 11) is 1.21. The van der Waals surface area contributed by atoms with E-state index in [0.717, 1.165) is 25.0 Å². The van der Waals surface area contributed by atoms with Gasteiger partial charge in [0.25, 0.3) is 15.0 Å². The maximum absolute atomic E-state index is 13.6. The predicted molar refractivity (Wildman–Crippen MR) is 78.5 cm³/mol. The van der Waals surface area contributed by atoms with E-state index in [0.29, 0.717) is 19.0 Å². The predicted octanol–water partition coefficient (Wildman–Crippen LogP) is 2.93. The van der Waals surface area contributed by atoms with Crippen molar-refractivity contribution in [2.75, 3.05) is 13.1 Å². The summed E-state index contributed by atoms with van der Waals surface area (Å²) < 4.78 is 36.6. The van der Waals surface area contributed by atoms with Gasteiger partial charge < -0.3 is 4.90 Å². The molecule has 0 unspecified atom stereocenters. The molecule has 1 heterocycles. The van der Waals surface area contributed by atoms with Crippen LogP contribution in [0, 0.1) is 18.7 Å². The molecule has 0 aliphatic carbocycles. The van der Waals surface area contributed by atoms with Crippen LogP contribution in [-0.4, -0.2) is 32.3 Å². The summed E-state index contributed by atoms with van der Waals surface area (Å²) in [6.07, 6.45) is 1.78. The molecule has 0 saturated carbocycles. The lowest BCUT2D eigenvalue weighted by Crippen LogP contribution is -2.38. The molecule has 1 amide bonds. The highest BCUT2D eigenvalue weighted by Gasteiger charge is 2.26. The molecule has 4 nitrogen and oxygen atoms in total. The molecule has 1 fully saturated rings. The summed E-state index contributed by atoms with van der Waals surface area (Å²) >= 11 is 0. The quantitative estimate of drug-likeness (QED) is 0.782. The number of carbonyl (C=O) groups excluding carboxylic acids is 1. The number of nitrogens with zero attached hydrogens (tertiary/aromatic N) is 1. The van der Waals surface area contributed by atoms with E-state index in [1.807, 2.05) is 0 Å². The topological polar surface area (TPSA) is 54.5 Å². The molecule has 1 aromatic carbocycles. The first-order chi connectivity index (χ1) is 9.70. The Morgan fingerprint density at radius 1 is 1.33 bits per heavy atom. The Hall–Kier alpha value is -1.14. The third kappa shape index (κ3) is 3.55. The number of halogens is 2. The van der Waals surface area contributed by atoms with Gasteiger partial charge in [0, 0.05) is 29.3 Å². The van der Waals surface area contributed by atoms with Crippen LogP contribution in [0.3, 0.4) is 0 Å². The second-order valence-electron chi connectivity index (χ2n) is 5.49. The summed E-state index contributed by atoms with van der Waals surface area (Å²) in [4.78, 5) is 13.8. The largest absolute Gasteiger partial charge is 0.339 e. The van der Waals surface area contributed by atoms with Crippen molar-refractivity contribution < 1.29 is 17.6 Å². The summed E-state index contributed by atoms with van der Waals surface area (Å²) in [6.45, 7) is 4.78. The lowest BCUT2D eigenvalue weighted by atomic mass is 9.98. The third-order valence-corrected chi connectivity index (χ3v) is 5.34. The highest BCUT2D eigenvalue weighted by atomic mass is 35.7. The average Bonchev–Trinajstić information content (AvgIpc) is 2.40. The van der Waals surface area contributed by atoms with Gasteiger partial charge >= 0.3 is 0 Å². The number of hydrogen-bond donors (Lipinski definition) is 0. The SMILES string of the molecule is Cc1c(C(=O)N2CCC(C)CC2)cc(F)cc1S(=O)(=O)Cl. The van der Waals surface area contributed by atoms with Gasteiger partial charge in [-0.15, -0.1) is 0 Å². The van der Waals surface area contributed by atoms with Crippen LogP contribution in [0.2, 0.25) is 0 Å². The van der Waals surface area contributed by atoms with E-state index >= 15 is 0 Å². The Labute approximate surface area is 128 Å². The molecule has 1 saturated heterocycles. The molecule has 0 aromatic heterocycles. The summed E-state index contributed by atoms with van der Waals surface area (Å²) in [5, 5.41) is 0. The van der Waals surface area contributed by atoms with Crippen molar-refractivity contribution >= 4 is 25.6 Å². The van der Waals surface area contributed by atoms with Crippen LogP contribution in [0.25, 0.3) is 0 Å². The lowest BCUT2D eigenvalue weighted by Gasteiger charge is -2.30. The fourth-order valence-electron chi connectivity index (χ4n) is 2.51. The Morgan fingerprint density at radius 2 is 1.90 bits per heavy atom. The molecule has 0 radical (unpaired) electrons. The van der Waals surface area contributed by atoms with Crippen molar-refractivity contribution in [3.8, 4) is 0 Å². The smallest absolute Gasteiger partial charge is 0.261 e. The first-order valence-corrected chi connectivity index (χ1v) is 9.05. The molecule has 0 N–H and O–H groups in total. The molecule has 0 atom stereocenters. The first-order valence-electron chi connectivity index (χ1n) is 6.74. The number of rotatable bonds is 2. The van der Waals surface area contributed by atoms with Crippen molar-refractivity contribution in [2.24, 2.45) is 5.92 Å². The summed E-state index contributed by atoms with van der Waals surface area (Å²) in [5.74, 6) is -0.574. The zero-order valence-electron chi connectivity index (χ0n) is 11.9. The van der Waals surface area contributed by atoms with Gasteiger partial charge in [-0.25, -0.2) is 12.8 Å². The van der Waals surface area contributed by atoms with Crippen LogP contribution in [0.1, 0.15) is 35.7 Å². The minimum Gasteiger partial charge on any atom is -0.339 e. The van der Waals surface area contributed by atoms with Gasteiger partial charge in [0.05, 0.1) is 4.90 Å². The first kappa shape index (κ1) is 16.2. The number of carbonyl (C=O) groups is 1. The van der Waals surface area contributed by atoms with E-state index in [1.54, 1.807) is 4.90 Å². The molecule has 1 aliphatic heterocycles. The molecule has 2 rings (SSSR count). The van der Waals surface area contributed by atoms with Gasteiger partial charge in [-0.1, -0.05) is 6.92 Å². The van der Waals surface area contributed by atoms with Crippen LogP contribution in [-0.2, 0) is 9.05 Å². The summed E-state index contributed by atoms with van der Waals surface area (Å²) in [6, 6.07) is 1.91. The number of piperidine rings is 1. The zero-order valence-corrected chi connectivity index (χ0v) is 13.5. The Bertz CT molecular complexity index is 667. The van der Waals surface area contributed by atoms with Gasteiger partial charge in [0.1, 0.15) is 5.82 Å². The van der Waals surface area contributed by atoms with Crippen molar-refractivity contribution in [3.05, 3.63) is 29.1 Å². The van der Waals surface area contributed by atoms with E-state index in [-0.39, 0.29) is 21.9 Å². The number of likely N-dealkylation sites (tertiary alicyclic amines) is 1. The standard InChI is InChI=1S/C14H17ClFNO3S/c1-9-3-5-17(6-4-9)14(18)12-7-11(16)8-13(10(12)2)21(15,19)20/h7-9H,3-6H2,1-2H3. The molecule has 116 valence electrons. The fraction of sp³-hybridized carbons (Fsp3) is 0.500. The van der Waals surface area contributed by atoms with Crippen LogP contribution >= 0.6 is 10.7 Å². The maximum Gasteiger partial charge on any atom is 0.261 e. The van der Waals surface area contributed by atoms with Gasteiger partial charge in [-0.2, -0.15) is 0 Å². The van der Waals surface area contributed by atoms with E-state index in [4.69, 9.17) is 10.7 Å². The minimum absolute atomic E-state index is 0.0591. The highest BCUT2D eigenvalue weighted by Crippen LogP contribution is 2.26. The number of hydrogen-bond acceptors (Lipinski definition) is 3. The molecule has 0 spiro atoms. The van der Waals surface area contributed by atoms with E-state index in [2.05, 4.69) is 6.92 Å². The van der Waals surface area contributed by atoms with Crippen molar-refractivity contribution in [1.29, 1.82) is 0 Å². The highest BCUT2D eigenvalue weighted by molar-refractivity contribution is 8.13. The lowest BCUT2D eigenvalue weighted by molar-refractivity contribution is 0.0695. The number of benzene rings is 1. The van der Waals surface area contributed by atoms with E-state index in [9.17, 15) is 17.6 Å². The van der Waals surface area contributed by atoms with Crippen LogP contribution in [0.5, 0.6) is 0 Å². The summed E-state index contributed by atoms with van der Waals surface area (Å²) in [5.41, 5.74) is 0.249. The van der Waals surface area contributed by atoms with Gasteiger partial charge in [-0.05, 0) is 43.4 Å². The maximum atomic E-state index is 13.6. The Kier molecular flexibility index (Phi) is 4.58. The number of amides is 1. The second-order valence-corrected chi connectivity index (χ2v) is 8.02. The van der Waals surface area contributed by atoms with Gasteiger partial charge in [-0.3, -0.25) is 4.79 Å². The molecule has 1 aliphatic rings. The Balaban J connectivity index is 2.40. The van der Waals surface area contributed by atoms with Crippen LogP contribution < -0.4 is 0 Å². The fourth-order valence-corrected chi connectivity index (χ4v) is 3.72. The molecule has 7 heteroatoms. The van der Waals surface area contributed by atoms with Crippen LogP contribution in [0.15, 0.2) is 17.0 Å². The van der Waals surface area contributed by atoms with E-state index in [1.165, 1.54) is 6.92 Å². The van der Waals surface area contributed by atoms with Crippen molar-refractivity contribution in [3.63, 3.8) is 0 Å². The monoisotopic (exact) mass is 333 g/mol. The van der Waals surface area contributed by atoms with E-state index < -0.39 is 14.9 Å². The minimum atomic E-state index is -4.09. The van der Waals surface area contributed by atoms with Gasteiger partial charge in [0.2, 0.25) is 0 Å². The molecular formula is C14H17ClFNO3S. The van der Waals surface area contributed by atoms with Crippen molar-refractivity contribution in [2.45, 2.75) is 31.6 Å². The molecular weight excluding hydrogens is 317 g/mol. The normalized spacial score (nSPS) is 17.0. The third-order valence-electron chi connectivity index (χ3n) is 3.89. The molecule has 1 aromatic rings. The Morgan fingerprint density at radius 3 is 2.43 bits per heavy atom. The van der Waals surface area contributed by atoms with Gasteiger partial charge in [0.15, 0.2) is 0 Å². The van der Waals surface area contributed by atoms with Crippen LogP contribution in [0.4, 0.5) is 4.39 Å². The second kappa shape index (κ2) is 5.93. The molecule has 0 bridgehead atoms. The van der Waals surface area contributed by atoms with Crippen molar-refractivity contribution in [1.82, 2.24) is 4.90 Å².